The Hall–Kier alpha value is -1.10. The molecule has 2 aliphatic heterocycles. The maximum absolute atomic E-state index is 12.5. The fraction of sp³-hybridized carbons (Fsp3) is 0.867. The number of aliphatic carboxylic acids is 1. The van der Waals surface area contributed by atoms with E-state index in [0.29, 0.717) is 6.54 Å². The van der Waals surface area contributed by atoms with E-state index in [2.05, 4.69) is 5.32 Å². The second-order valence-corrected chi connectivity index (χ2v) is 6.69. The summed E-state index contributed by atoms with van der Waals surface area (Å²) in [5.74, 6) is -0.427. The zero-order valence-electron chi connectivity index (χ0n) is 12.5. The molecule has 1 amide bonds. The van der Waals surface area contributed by atoms with Crippen LogP contribution in [0.25, 0.3) is 0 Å². The van der Waals surface area contributed by atoms with Crippen LogP contribution in [-0.4, -0.2) is 48.1 Å². The van der Waals surface area contributed by atoms with E-state index in [0.717, 1.165) is 45.3 Å². The number of carbonyl (C=O) groups excluding carboxylic acids is 1. The fourth-order valence-electron chi connectivity index (χ4n) is 3.26. The van der Waals surface area contributed by atoms with Gasteiger partial charge in [0.15, 0.2) is 0 Å². The average molecular weight is 282 g/mol. The van der Waals surface area contributed by atoms with Gasteiger partial charge in [-0.05, 0) is 52.0 Å². The molecule has 2 aliphatic rings. The molecular formula is C15H26N2O3. The molecule has 20 heavy (non-hydrogen) atoms. The van der Waals surface area contributed by atoms with Crippen LogP contribution in [0, 0.1) is 17.3 Å². The third-order valence-electron chi connectivity index (χ3n) is 4.95. The topological polar surface area (TPSA) is 69.6 Å². The number of rotatable bonds is 3. The molecule has 0 spiro atoms. The molecule has 0 aromatic carbocycles. The van der Waals surface area contributed by atoms with Crippen molar-refractivity contribution in [1.29, 1.82) is 0 Å². The monoisotopic (exact) mass is 282 g/mol. The van der Waals surface area contributed by atoms with Crippen LogP contribution < -0.4 is 5.32 Å². The highest BCUT2D eigenvalue weighted by Crippen LogP contribution is 2.34. The van der Waals surface area contributed by atoms with Gasteiger partial charge in [-0.25, -0.2) is 0 Å². The molecule has 2 heterocycles. The number of carboxylic acids is 1. The molecule has 0 aromatic rings. The Labute approximate surface area is 120 Å². The second-order valence-electron chi connectivity index (χ2n) is 6.69. The average Bonchev–Trinajstić information content (AvgIpc) is 2.47. The number of nitrogens with zero attached hydrogens (tertiary/aromatic N) is 1. The molecule has 2 atom stereocenters. The zero-order chi connectivity index (χ0) is 14.8. The molecule has 2 saturated heterocycles. The lowest BCUT2D eigenvalue weighted by Gasteiger charge is -2.40. The van der Waals surface area contributed by atoms with Crippen molar-refractivity contribution >= 4 is 11.9 Å². The van der Waals surface area contributed by atoms with Crippen molar-refractivity contribution in [3.8, 4) is 0 Å². The van der Waals surface area contributed by atoms with Gasteiger partial charge in [-0.2, -0.15) is 0 Å². The van der Waals surface area contributed by atoms with Crippen LogP contribution in [0.3, 0.4) is 0 Å². The lowest BCUT2D eigenvalue weighted by Crippen LogP contribution is -2.50. The number of hydrogen-bond acceptors (Lipinski definition) is 3. The van der Waals surface area contributed by atoms with E-state index < -0.39 is 11.4 Å². The lowest BCUT2D eigenvalue weighted by atomic mass is 9.74. The van der Waals surface area contributed by atoms with Crippen LogP contribution in [0.15, 0.2) is 0 Å². The van der Waals surface area contributed by atoms with Gasteiger partial charge >= 0.3 is 5.97 Å². The summed E-state index contributed by atoms with van der Waals surface area (Å²) in [6, 6.07) is 0. The molecule has 2 rings (SSSR count). The van der Waals surface area contributed by atoms with Crippen LogP contribution in [0.5, 0.6) is 0 Å². The molecule has 0 aliphatic carbocycles. The number of piperidine rings is 2. The highest BCUT2D eigenvalue weighted by molar-refractivity contribution is 5.79. The summed E-state index contributed by atoms with van der Waals surface area (Å²) in [5, 5.41) is 12.6. The van der Waals surface area contributed by atoms with E-state index in [-0.39, 0.29) is 17.7 Å². The van der Waals surface area contributed by atoms with Crippen molar-refractivity contribution in [3.63, 3.8) is 0 Å². The van der Waals surface area contributed by atoms with Gasteiger partial charge in [0.25, 0.3) is 0 Å². The first-order chi connectivity index (χ1) is 9.43. The van der Waals surface area contributed by atoms with Gasteiger partial charge in [-0.15, -0.1) is 0 Å². The van der Waals surface area contributed by atoms with Gasteiger partial charge in [-0.3, -0.25) is 9.59 Å². The van der Waals surface area contributed by atoms with Crippen molar-refractivity contribution in [2.24, 2.45) is 17.3 Å². The first-order valence-electron chi connectivity index (χ1n) is 7.66. The van der Waals surface area contributed by atoms with Gasteiger partial charge in [0.2, 0.25) is 5.91 Å². The molecule has 2 N–H and O–H groups in total. The highest BCUT2D eigenvalue weighted by Gasteiger charge is 2.40. The largest absolute Gasteiger partial charge is 0.481 e. The molecule has 0 radical (unpaired) electrons. The molecule has 2 fully saturated rings. The quantitative estimate of drug-likeness (QED) is 0.819. The lowest BCUT2D eigenvalue weighted by molar-refractivity contribution is -0.153. The van der Waals surface area contributed by atoms with E-state index in [9.17, 15) is 14.7 Å². The number of hydrogen-bond donors (Lipinski definition) is 2. The van der Waals surface area contributed by atoms with Gasteiger partial charge in [-0.1, -0.05) is 0 Å². The van der Waals surface area contributed by atoms with Crippen molar-refractivity contribution in [2.75, 3.05) is 26.2 Å². The first kappa shape index (κ1) is 15.3. The summed E-state index contributed by atoms with van der Waals surface area (Å²) in [5.41, 5.74) is -0.760. The van der Waals surface area contributed by atoms with E-state index in [1.807, 2.05) is 4.90 Å². The number of nitrogens with one attached hydrogen (secondary N) is 1. The Morgan fingerprint density at radius 1 is 1.25 bits per heavy atom. The van der Waals surface area contributed by atoms with E-state index in [1.165, 1.54) is 0 Å². The van der Waals surface area contributed by atoms with Gasteiger partial charge in [0.05, 0.1) is 11.3 Å². The third kappa shape index (κ3) is 3.14. The Morgan fingerprint density at radius 3 is 2.60 bits per heavy atom. The maximum atomic E-state index is 12.5. The van der Waals surface area contributed by atoms with Crippen LogP contribution in [0.2, 0.25) is 0 Å². The normalized spacial score (nSPS) is 28.2. The zero-order valence-corrected chi connectivity index (χ0v) is 12.5. The fourth-order valence-corrected chi connectivity index (χ4v) is 3.26. The first-order valence-corrected chi connectivity index (χ1v) is 7.66. The van der Waals surface area contributed by atoms with Gasteiger partial charge in [0, 0.05) is 19.6 Å². The van der Waals surface area contributed by atoms with Crippen molar-refractivity contribution in [2.45, 2.75) is 39.5 Å². The summed E-state index contributed by atoms with van der Waals surface area (Å²) in [6.45, 7) is 6.68. The summed E-state index contributed by atoms with van der Waals surface area (Å²) < 4.78 is 0. The molecular weight excluding hydrogens is 256 g/mol. The maximum Gasteiger partial charge on any atom is 0.309 e. The summed E-state index contributed by atoms with van der Waals surface area (Å²) in [6.07, 6.45) is 3.81. The number of likely N-dealkylation sites (tertiary alicyclic amines) is 1. The Balaban J connectivity index is 1.99. The smallest absolute Gasteiger partial charge is 0.309 e. The van der Waals surface area contributed by atoms with Crippen LogP contribution >= 0.6 is 0 Å². The summed E-state index contributed by atoms with van der Waals surface area (Å²) in [7, 11) is 0. The standard InChI is InChI=1S/C15H26N2O3/c1-15(2,14(19)20)12-6-4-8-17(10-12)13(18)11-5-3-7-16-9-11/h11-12,16H,3-10H2,1-2H3,(H,19,20). The molecule has 0 saturated carbocycles. The Morgan fingerprint density at radius 2 is 2.00 bits per heavy atom. The second kappa shape index (κ2) is 6.12. The van der Waals surface area contributed by atoms with E-state index in [4.69, 9.17) is 0 Å². The van der Waals surface area contributed by atoms with Crippen LogP contribution in [0.1, 0.15) is 39.5 Å². The molecule has 114 valence electrons. The minimum atomic E-state index is -0.767. The third-order valence-corrected chi connectivity index (χ3v) is 4.95. The minimum Gasteiger partial charge on any atom is -0.481 e. The Bertz CT molecular complexity index is 375. The predicted molar refractivity (Wildman–Crippen MR) is 76.3 cm³/mol. The van der Waals surface area contributed by atoms with E-state index in [1.54, 1.807) is 13.8 Å². The number of carbonyl (C=O) groups is 2. The molecule has 0 bridgehead atoms. The van der Waals surface area contributed by atoms with Gasteiger partial charge < -0.3 is 15.3 Å². The van der Waals surface area contributed by atoms with Crippen molar-refractivity contribution in [3.05, 3.63) is 0 Å². The van der Waals surface area contributed by atoms with E-state index >= 15 is 0 Å². The summed E-state index contributed by atoms with van der Waals surface area (Å²) in [4.78, 5) is 25.8. The van der Waals surface area contributed by atoms with Crippen molar-refractivity contribution in [1.82, 2.24) is 10.2 Å². The predicted octanol–water partition coefficient (Wildman–Crippen LogP) is 1.34. The SMILES string of the molecule is CC(C)(C(=O)O)C1CCCN(C(=O)C2CCCNC2)C1. The van der Waals surface area contributed by atoms with Gasteiger partial charge in [0.1, 0.15) is 0 Å². The molecule has 5 nitrogen and oxygen atoms in total. The Kier molecular flexibility index (Phi) is 4.68. The van der Waals surface area contributed by atoms with Crippen LogP contribution in [-0.2, 0) is 9.59 Å². The number of amides is 1. The number of carboxylic acid groups (broad SMARTS) is 1. The summed E-state index contributed by atoms with van der Waals surface area (Å²) >= 11 is 0. The van der Waals surface area contributed by atoms with Crippen LogP contribution in [0.4, 0.5) is 0 Å². The minimum absolute atomic E-state index is 0.0502. The highest BCUT2D eigenvalue weighted by atomic mass is 16.4. The molecule has 5 heteroatoms. The molecule has 0 aromatic heterocycles. The molecule has 2 unspecified atom stereocenters. The van der Waals surface area contributed by atoms with Crippen molar-refractivity contribution < 1.29 is 14.7 Å².